The Morgan fingerprint density at radius 1 is 1.22 bits per heavy atom. The molecule has 0 heterocycles. The minimum atomic E-state index is 0.885. The van der Waals surface area contributed by atoms with E-state index in [2.05, 4.69) is 26.0 Å². The van der Waals surface area contributed by atoms with Crippen molar-refractivity contribution in [1.29, 1.82) is 0 Å². The number of rotatable bonds is 4. The van der Waals surface area contributed by atoms with E-state index in [0.29, 0.717) is 0 Å². The van der Waals surface area contributed by atoms with Crippen LogP contribution in [-0.4, -0.2) is 0 Å². The van der Waals surface area contributed by atoms with Gasteiger partial charge in [-0.1, -0.05) is 37.6 Å². The van der Waals surface area contributed by atoms with Gasteiger partial charge in [0.1, 0.15) is 0 Å². The third-order valence-corrected chi connectivity index (χ3v) is 1.01. The molecule has 0 N–H and O–H groups in total. The van der Waals surface area contributed by atoms with Crippen LogP contribution in [0.5, 0.6) is 0 Å². The van der Waals surface area contributed by atoms with Crippen LogP contribution in [0.4, 0.5) is 0 Å². The molecule has 0 aliphatic rings. The Bertz CT molecular complexity index is 88.2. The smallest absolute Gasteiger partial charge is 0.0347 e. The molecule has 0 heteroatoms. The van der Waals surface area contributed by atoms with Gasteiger partial charge in [0.15, 0.2) is 0 Å². The van der Waals surface area contributed by atoms with Gasteiger partial charge in [0.25, 0.3) is 0 Å². The fourth-order valence-corrected chi connectivity index (χ4v) is 0.516. The summed E-state index contributed by atoms with van der Waals surface area (Å²) in [5, 5.41) is 0. The van der Waals surface area contributed by atoms with Crippen molar-refractivity contribution in [2.24, 2.45) is 0 Å². The van der Waals surface area contributed by atoms with Crippen molar-refractivity contribution in [3.63, 3.8) is 0 Å². The quantitative estimate of drug-likeness (QED) is 0.504. The molecule has 0 saturated carbocycles. The molecule has 51 valence electrons. The predicted octanol–water partition coefficient (Wildman–Crippen LogP) is 3.12. The minimum Gasteiger partial charge on any atom is -0.0846 e. The Kier molecular flexibility index (Phi) is 7.05. The molecule has 0 rings (SSSR count). The molecular weight excluding hydrogens is 108 g/mol. The van der Waals surface area contributed by atoms with E-state index in [9.17, 15) is 0 Å². The van der Waals surface area contributed by atoms with E-state index >= 15 is 0 Å². The van der Waals surface area contributed by atoms with E-state index in [-0.39, 0.29) is 0 Å². The van der Waals surface area contributed by atoms with Gasteiger partial charge in [-0.25, -0.2) is 0 Å². The molecule has 0 aromatic heterocycles. The lowest BCUT2D eigenvalue weighted by molar-refractivity contribution is 0.959. The van der Waals surface area contributed by atoms with E-state index in [1.54, 1.807) is 0 Å². The molecule has 0 spiro atoms. The topological polar surface area (TPSA) is 0 Å². The Labute approximate surface area is 58.3 Å². The van der Waals surface area contributed by atoms with E-state index in [4.69, 9.17) is 0 Å². The summed E-state index contributed by atoms with van der Waals surface area (Å²) in [6, 6.07) is 0. The highest BCUT2D eigenvalue weighted by molar-refractivity contribution is 5.02. The van der Waals surface area contributed by atoms with Crippen molar-refractivity contribution in [2.75, 3.05) is 0 Å². The maximum atomic E-state index is 3.68. The summed E-state index contributed by atoms with van der Waals surface area (Å²) in [6.45, 7) is 5.86. The first kappa shape index (κ1) is 8.48. The second-order valence-corrected chi connectivity index (χ2v) is 1.93. The highest BCUT2D eigenvalue weighted by Gasteiger charge is 1.68. The lowest BCUT2D eigenvalue weighted by Gasteiger charge is -1.79. The average Bonchev–Trinajstić information content (AvgIpc) is 1.89. The largest absolute Gasteiger partial charge is 0.0846 e. The van der Waals surface area contributed by atoms with Crippen LogP contribution in [0, 0.1) is 6.92 Å². The molecule has 0 amide bonds. The van der Waals surface area contributed by atoms with Gasteiger partial charge in [-0.05, 0) is 19.8 Å². The fourth-order valence-electron chi connectivity index (χ4n) is 0.516. The number of allylic oxidation sites excluding steroid dienone is 4. The first-order valence-corrected chi connectivity index (χ1v) is 3.52. The van der Waals surface area contributed by atoms with Gasteiger partial charge in [-0.3, -0.25) is 0 Å². The Morgan fingerprint density at radius 2 is 1.89 bits per heavy atom. The molecule has 1 radical (unpaired) electrons. The van der Waals surface area contributed by atoms with Gasteiger partial charge in [0, 0.05) is 0 Å². The summed E-state index contributed by atoms with van der Waals surface area (Å²) >= 11 is 0. The highest BCUT2D eigenvalue weighted by atomic mass is 13.7. The lowest BCUT2D eigenvalue weighted by atomic mass is 10.3. The molecule has 0 fully saturated rings. The SMILES string of the molecule is [CH2]CC=CC=CCCC. The summed E-state index contributed by atoms with van der Waals surface area (Å²) in [5.41, 5.74) is 0. The Balaban J connectivity index is 3.13. The van der Waals surface area contributed by atoms with Crippen LogP contribution in [0.2, 0.25) is 0 Å². The molecule has 0 saturated heterocycles. The molecule has 0 aliphatic heterocycles. The minimum absolute atomic E-state index is 0.885. The maximum Gasteiger partial charge on any atom is -0.0347 e. The number of hydrogen-bond donors (Lipinski definition) is 0. The van der Waals surface area contributed by atoms with E-state index in [0.717, 1.165) is 6.42 Å². The molecule has 0 bridgehead atoms. The Hall–Kier alpha value is -0.520. The van der Waals surface area contributed by atoms with Gasteiger partial charge in [-0.15, -0.1) is 0 Å². The van der Waals surface area contributed by atoms with Crippen molar-refractivity contribution in [1.82, 2.24) is 0 Å². The molecular formula is C9H15. The zero-order chi connectivity index (χ0) is 6.95. The average molecular weight is 123 g/mol. The van der Waals surface area contributed by atoms with Crippen LogP contribution < -0.4 is 0 Å². The molecule has 0 aromatic carbocycles. The van der Waals surface area contributed by atoms with Crippen molar-refractivity contribution in [3.8, 4) is 0 Å². The first-order chi connectivity index (χ1) is 4.41. The number of hydrogen-bond acceptors (Lipinski definition) is 0. The summed E-state index contributed by atoms with van der Waals surface area (Å²) in [4.78, 5) is 0. The van der Waals surface area contributed by atoms with Gasteiger partial charge < -0.3 is 0 Å². The zero-order valence-electron chi connectivity index (χ0n) is 6.14. The standard InChI is InChI=1S/C9H15/c1-3-5-7-9-8-6-4-2/h5,7-9H,1,3-4,6H2,2H3. The zero-order valence-corrected chi connectivity index (χ0v) is 6.14. The number of unbranched alkanes of at least 4 members (excludes halogenated alkanes) is 1. The molecule has 0 atom stereocenters. The third kappa shape index (κ3) is 7.48. The van der Waals surface area contributed by atoms with E-state index < -0.39 is 0 Å². The fraction of sp³-hybridized carbons (Fsp3) is 0.444. The van der Waals surface area contributed by atoms with Crippen LogP contribution >= 0.6 is 0 Å². The normalized spacial score (nSPS) is 11.8. The molecule has 0 unspecified atom stereocenters. The Morgan fingerprint density at radius 3 is 2.44 bits per heavy atom. The highest BCUT2D eigenvalue weighted by Crippen LogP contribution is 1.89. The van der Waals surface area contributed by atoms with Crippen molar-refractivity contribution in [3.05, 3.63) is 31.2 Å². The van der Waals surface area contributed by atoms with Gasteiger partial charge in [-0.2, -0.15) is 0 Å². The molecule has 9 heavy (non-hydrogen) atoms. The van der Waals surface area contributed by atoms with Crippen LogP contribution in [0.1, 0.15) is 26.2 Å². The first-order valence-electron chi connectivity index (χ1n) is 3.52. The van der Waals surface area contributed by atoms with Crippen LogP contribution in [0.25, 0.3) is 0 Å². The van der Waals surface area contributed by atoms with Crippen molar-refractivity contribution in [2.45, 2.75) is 26.2 Å². The van der Waals surface area contributed by atoms with Gasteiger partial charge in [0.2, 0.25) is 0 Å². The predicted molar refractivity (Wildman–Crippen MR) is 43.2 cm³/mol. The lowest BCUT2D eigenvalue weighted by Crippen LogP contribution is -1.58. The van der Waals surface area contributed by atoms with Gasteiger partial charge in [0.05, 0.1) is 0 Å². The molecule has 0 aromatic rings. The second kappa shape index (κ2) is 7.48. The second-order valence-electron chi connectivity index (χ2n) is 1.93. The third-order valence-electron chi connectivity index (χ3n) is 1.01. The van der Waals surface area contributed by atoms with E-state index in [1.807, 2.05) is 12.2 Å². The van der Waals surface area contributed by atoms with Crippen LogP contribution in [0.3, 0.4) is 0 Å². The van der Waals surface area contributed by atoms with Crippen molar-refractivity contribution >= 4 is 0 Å². The van der Waals surface area contributed by atoms with E-state index in [1.165, 1.54) is 12.8 Å². The summed E-state index contributed by atoms with van der Waals surface area (Å²) in [7, 11) is 0. The van der Waals surface area contributed by atoms with Crippen LogP contribution in [-0.2, 0) is 0 Å². The van der Waals surface area contributed by atoms with Crippen LogP contribution in [0.15, 0.2) is 24.3 Å². The molecule has 0 nitrogen and oxygen atoms in total. The monoisotopic (exact) mass is 123 g/mol. The summed E-state index contributed by atoms with van der Waals surface area (Å²) in [6.07, 6.45) is 11.6. The van der Waals surface area contributed by atoms with Gasteiger partial charge >= 0.3 is 0 Å². The summed E-state index contributed by atoms with van der Waals surface area (Å²) < 4.78 is 0. The van der Waals surface area contributed by atoms with Crippen molar-refractivity contribution < 1.29 is 0 Å². The summed E-state index contributed by atoms with van der Waals surface area (Å²) in [5.74, 6) is 0. The maximum absolute atomic E-state index is 3.68. The molecule has 0 aliphatic carbocycles.